The van der Waals surface area contributed by atoms with Crippen LogP contribution in [0.3, 0.4) is 0 Å². The highest BCUT2D eigenvalue weighted by Gasteiger charge is 2.27. The molecule has 1 heterocycles. The summed E-state index contributed by atoms with van der Waals surface area (Å²) >= 11 is 3.63. The first-order valence-corrected chi connectivity index (χ1v) is 17.7. The molecule has 1 aliphatic heterocycles. The van der Waals surface area contributed by atoms with Gasteiger partial charge in [-0.3, -0.25) is 5.43 Å². The van der Waals surface area contributed by atoms with Crippen LogP contribution in [-0.4, -0.2) is 26.2 Å². The van der Waals surface area contributed by atoms with Crippen LogP contribution in [0.4, 0.5) is 5.69 Å². The number of amidine groups is 1. The fourth-order valence-corrected chi connectivity index (χ4v) is 6.47. The van der Waals surface area contributed by atoms with Gasteiger partial charge in [0.1, 0.15) is 5.75 Å². The number of phenols is 1. The predicted molar refractivity (Wildman–Crippen MR) is 181 cm³/mol. The van der Waals surface area contributed by atoms with E-state index >= 15 is 0 Å². The molecule has 7 heteroatoms. The molecule has 0 fully saturated rings. The molecule has 0 saturated carbocycles. The van der Waals surface area contributed by atoms with E-state index in [0.717, 1.165) is 39.3 Å². The van der Waals surface area contributed by atoms with Gasteiger partial charge in [0.25, 0.3) is 0 Å². The fourth-order valence-electron chi connectivity index (χ4n) is 4.69. The quantitative estimate of drug-likeness (QED) is 0.0953. The van der Waals surface area contributed by atoms with Crippen LogP contribution in [0.5, 0.6) is 5.75 Å². The first kappa shape index (κ1) is 34.7. The van der Waals surface area contributed by atoms with Crippen LogP contribution in [0, 0.1) is 0 Å². The van der Waals surface area contributed by atoms with Crippen molar-refractivity contribution in [3.8, 4) is 5.75 Å². The van der Waals surface area contributed by atoms with E-state index < -0.39 is 0 Å². The maximum atomic E-state index is 11.2. The number of nitrogens with zero attached hydrogens (tertiary/aromatic N) is 2. The molecule has 40 heavy (non-hydrogen) atoms. The molecular formula is C33H58N4OS2. The van der Waals surface area contributed by atoms with Gasteiger partial charge in [0.15, 0.2) is 11.0 Å². The second kappa shape index (κ2) is 17.5. The molecule has 0 spiro atoms. The molecule has 1 aromatic carbocycles. The van der Waals surface area contributed by atoms with Crippen molar-refractivity contribution >= 4 is 34.6 Å². The van der Waals surface area contributed by atoms with E-state index in [1.165, 1.54) is 77.0 Å². The highest BCUT2D eigenvalue weighted by atomic mass is 32.2. The van der Waals surface area contributed by atoms with Crippen molar-refractivity contribution in [2.24, 2.45) is 4.99 Å². The van der Waals surface area contributed by atoms with E-state index in [4.69, 9.17) is 4.99 Å². The first-order valence-electron chi connectivity index (χ1n) is 15.7. The molecular weight excluding hydrogens is 533 g/mol. The van der Waals surface area contributed by atoms with Crippen LogP contribution in [0.1, 0.15) is 144 Å². The van der Waals surface area contributed by atoms with Gasteiger partial charge in [0.2, 0.25) is 0 Å². The summed E-state index contributed by atoms with van der Waals surface area (Å²) in [4.78, 5) is 4.96. The summed E-state index contributed by atoms with van der Waals surface area (Å²) in [6, 6.07) is 4.17. The van der Waals surface area contributed by atoms with E-state index in [9.17, 15) is 5.11 Å². The average molecular weight is 591 g/mol. The van der Waals surface area contributed by atoms with Crippen molar-refractivity contribution in [1.82, 2.24) is 9.84 Å². The summed E-state index contributed by atoms with van der Waals surface area (Å²) in [6.45, 7) is 17.4. The molecule has 1 aliphatic rings. The van der Waals surface area contributed by atoms with E-state index in [-0.39, 0.29) is 10.8 Å². The molecule has 0 unspecified atom stereocenters. The molecule has 1 aromatic rings. The number of hydrazine groups is 1. The van der Waals surface area contributed by atoms with Crippen LogP contribution in [-0.2, 0) is 10.8 Å². The second-order valence-electron chi connectivity index (χ2n) is 13.1. The number of thioether (sulfide) groups is 1. The van der Waals surface area contributed by atoms with Gasteiger partial charge in [-0.05, 0) is 47.8 Å². The van der Waals surface area contributed by atoms with E-state index in [0.29, 0.717) is 5.75 Å². The molecule has 2 rings (SSSR count). The number of benzene rings is 1. The third-order valence-corrected chi connectivity index (χ3v) is 9.03. The number of nitrogens with one attached hydrogen (secondary N) is 2. The van der Waals surface area contributed by atoms with Crippen LogP contribution in [0.2, 0.25) is 0 Å². The van der Waals surface area contributed by atoms with Crippen LogP contribution >= 0.6 is 23.7 Å². The zero-order valence-corrected chi connectivity index (χ0v) is 28.4. The maximum Gasteiger partial charge on any atom is 0.183 e. The van der Waals surface area contributed by atoms with E-state index in [1.807, 2.05) is 23.7 Å². The first-order chi connectivity index (χ1) is 19.0. The van der Waals surface area contributed by atoms with Crippen molar-refractivity contribution in [3.05, 3.63) is 35.3 Å². The molecule has 0 amide bonds. The summed E-state index contributed by atoms with van der Waals surface area (Å²) in [5.41, 5.74) is 6.04. The van der Waals surface area contributed by atoms with Gasteiger partial charge in [0, 0.05) is 28.3 Å². The van der Waals surface area contributed by atoms with Crippen molar-refractivity contribution in [3.63, 3.8) is 0 Å². The number of aliphatic imine (C=N–C) groups is 1. The number of hydrogen-bond donors (Lipinski definition) is 3. The number of aromatic hydroxyl groups is 1. The minimum absolute atomic E-state index is 0.176. The fraction of sp³-hybridized carbons (Fsp3) is 0.727. The second-order valence-corrected chi connectivity index (χ2v) is 15.3. The number of unbranched alkanes of at least 4 members (excludes halogenated alkanes) is 10. The van der Waals surface area contributed by atoms with Gasteiger partial charge in [-0.25, -0.2) is 9.41 Å². The maximum absolute atomic E-state index is 11.2. The Balaban J connectivity index is 2.15. The van der Waals surface area contributed by atoms with Gasteiger partial charge in [-0.15, -0.1) is 0 Å². The Kier molecular flexibility index (Phi) is 15.2. The predicted octanol–water partition coefficient (Wildman–Crippen LogP) is 10.5. The Morgan fingerprint density at radius 3 is 1.80 bits per heavy atom. The van der Waals surface area contributed by atoms with Crippen molar-refractivity contribution in [1.29, 1.82) is 0 Å². The van der Waals surface area contributed by atoms with Gasteiger partial charge in [-0.1, -0.05) is 131 Å². The minimum Gasteiger partial charge on any atom is -0.507 e. The topological polar surface area (TPSA) is 59.9 Å². The average Bonchev–Trinajstić information content (AvgIpc) is 2.87. The number of anilines is 1. The molecule has 228 valence electrons. The highest BCUT2D eigenvalue weighted by Crippen LogP contribution is 2.41. The largest absolute Gasteiger partial charge is 0.507 e. The minimum atomic E-state index is -0.176. The van der Waals surface area contributed by atoms with Crippen LogP contribution < -0.4 is 10.7 Å². The standard InChI is InChI=1S/C33H58N4OS2/c1-9-11-13-15-17-19-21-39-31-35-29(25-37(36-31)40-22-20-18-16-14-12-10-2)34-26-23-27(32(3,4)5)30(38)28(24-26)33(6,7)8/h23-25,34,38H,9-22H2,1-8H3,(H,35,36). The van der Waals surface area contributed by atoms with Gasteiger partial charge >= 0.3 is 0 Å². The third kappa shape index (κ3) is 12.6. The van der Waals surface area contributed by atoms with Gasteiger partial charge in [0.05, 0.1) is 6.20 Å². The lowest BCUT2D eigenvalue weighted by Gasteiger charge is -2.29. The lowest BCUT2D eigenvalue weighted by atomic mass is 9.79. The van der Waals surface area contributed by atoms with Crippen LogP contribution in [0.15, 0.2) is 29.1 Å². The Hall–Kier alpha value is -1.47. The Labute approximate surface area is 254 Å². The number of hydrogen-bond acceptors (Lipinski definition) is 7. The molecule has 0 bridgehead atoms. The van der Waals surface area contributed by atoms with Crippen LogP contribution in [0.25, 0.3) is 0 Å². The Morgan fingerprint density at radius 2 is 1.27 bits per heavy atom. The zero-order chi connectivity index (χ0) is 29.6. The van der Waals surface area contributed by atoms with Crippen molar-refractivity contribution in [2.45, 2.75) is 143 Å². The molecule has 0 aliphatic carbocycles. The lowest BCUT2D eigenvalue weighted by molar-refractivity contribution is 0.423. The smallest absolute Gasteiger partial charge is 0.183 e. The number of rotatable bonds is 17. The van der Waals surface area contributed by atoms with Gasteiger partial charge < -0.3 is 10.4 Å². The molecule has 3 N–H and O–H groups in total. The summed E-state index contributed by atoms with van der Waals surface area (Å²) < 4.78 is 2.13. The highest BCUT2D eigenvalue weighted by molar-refractivity contribution is 8.13. The molecule has 0 saturated heterocycles. The lowest BCUT2D eigenvalue weighted by Crippen LogP contribution is -2.36. The number of phenolic OH excluding ortho intramolecular Hbond substituents is 1. The Morgan fingerprint density at radius 1 is 0.775 bits per heavy atom. The van der Waals surface area contributed by atoms with E-state index in [2.05, 4.69) is 88.9 Å². The summed E-state index contributed by atoms with van der Waals surface area (Å²) in [5.74, 6) is 3.38. The Bertz CT molecular complexity index is 912. The van der Waals surface area contributed by atoms with Crippen molar-refractivity contribution in [2.75, 3.05) is 16.8 Å². The third-order valence-electron chi connectivity index (χ3n) is 7.13. The summed E-state index contributed by atoms with van der Waals surface area (Å²) in [7, 11) is 0. The molecule has 5 nitrogen and oxygen atoms in total. The summed E-state index contributed by atoms with van der Waals surface area (Å²) in [5, 5.41) is 15.7. The molecule has 0 aromatic heterocycles. The molecule has 0 radical (unpaired) electrons. The normalized spacial score (nSPS) is 14.2. The van der Waals surface area contributed by atoms with Crippen molar-refractivity contribution < 1.29 is 5.11 Å². The zero-order valence-electron chi connectivity index (χ0n) is 26.8. The SMILES string of the molecule is CCCCCCCCSC1=NC(Nc2cc(C(C)(C)C)c(O)c(C(C)(C)C)c2)=CN(SCCCCCCCC)N1. The van der Waals surface area contributed by atoms with Gasteiger partial charge in [-0.2, -0.15) is 0 Å². The molecule has 0 atom stereocenters. The monoisotopic (exact) mass is 590 g/mol. The summed E-state index contributed by atoms with van der Waals surface area (Å²) in [6.07, 6.45) is 17.7. The van der Waals surface area contributed by atoms with E-state index in [1.54, 1.807) is 0 Å².